The third kappa shape index (κ3) is 1.76. The van der Waals surface area contributed by atoms with Crippen molar-refractivity contribution < 1.29 is 5.11 Å². The number of aromatic nitrogens is 1. The highest BCUT2D eigenvalue weighted by molar-refractivity contribution is 5.87. The number of hydrogen-bond donors (Lipinski definition) is 1. The third-order valence-electron chi connectivity index (χ3n) is 5.12. The number of nitrogens with zero attached hydrogens (tertiary/aromatic N) is 2. The molecule has 0 spiro atoms. The van der Waals surface area contributed by atoms with Gasteiger partial charge in [-0.1, -0.05) is 0 Å². The van der Waals surface area contributed by atoms with Crippen LogP contribution in [-0.2, 0) is 13.0 Å². The Bertz CT molecular complexity index is 651. The quantitative estimate of drug-likeness (QED) is 0.862. The zero-order valence-electron chi connectivity index (χ0n) is 12.1. The normalized spacial score (nSPS) is 20.6. The molecule has 3 heterocycles. The number of rotatable bonds is 1. The van der Waals surface area contributed by atoms with E-state index < -0.39 is 0 Å². The van der Waals surface area contributed by atoms with E-state index in [2.05, 4.69) is 22.6 Å². The first kappa shape index (κ1) is 12.3. The Kier molecular flexibility index (Phi) is 2.77. The fourth-order valence-corrected chi connectivity index (χ4v) is 4.10. The summed E-state index contributed by atoms with van der Waals surface area (Å²) in [4.78, 5) is 2.42. The Balaban J connectivity index is 1.87. The maximum atomic E-state index is 9.87. The summed E-state index contributed by atoms with van der Waals surface area (Å²) in [6.07, 6.45) is 4.97. The van der Waals surface area contributed by atoms with E-state index in [0.29, 0.717) is 11.7 Å². The van der Waals surface area contributed by atoms with Gasteiger partial charge in [0.05, 0.1) is 0 Å². The maximum Gasteiger partial charge on any atom is 0.116 e. The largest absolute Gasteiger partial charge is 0.508 e. The predicted molar refractivity (Wildman–Crippen MR) is 81.4 cm³/mol. The minimum Gasteiger partial charge on any atom is -0.508 e. The highest BCUT2D eigenvalue weighted by Gasteiger charge is 2.28. The Morgan fingerprint density at radius 3 is 2.75 bits per heavy atom. The van der Waals surface area contributed by atoms with Crippen LogP contribution >= 0.6 is 0 Å². The molecule has 0 bridgehead atoms. The SMILES string of the molecule is CN1CCC(c2c3n(c4ccc(O)cc24)CCC3)CC1. The van der Waals surface area contributed by atoms with Crippen molar-refractivity contribution in [1.82, 2.24) is 9.47 Å². The van der Waals surface area contributed by atoms with Crippen molar-refractivity contribution in [2.45, 2.75) is 38.1 Å². The Morgan fingerprint density at radius 1 is 1.15 bits per heavy atom. The molecule has 0 aliphatic carbocycles. The lowest BCUT2D eigenvalue weighted by atomic mass is 9.87. The van der Waals surface area contributed by atoms with Crippen LogP contribution in [0.3, 0.4) is 0 Å². The van der Waals surface area contributed by atoms with Crippen LogP contribution in [0.15, 0.2) is 18.2 Å². The molecule has 0 amide bonds. The Morgan fingerprint density at radius 2 is 1.95 bits per heavy atom. The van der Waals surface area contributed by atoms with Gasteiger partial charge in [-0.25, -0.2) is 0 Å². The van der Waals surface area contributed by atoms with Gasteiger partial charge < -0.3 is 14.6 Å². The number of piperidine rings is 1. The molecule has 0 unspecified atom stereocenters. The molecular formula is C17H22N2O. The zero-order chi connectivity index (χ0) is 13.7. The number of aryl methyl sites for hydroxylation is 1. The molecular weight excluding hydrogens is 248 g/mol. The van der Waals surface area contributed by atoms with Crippen molar-refractivity contribution in [3.63, 3.8) is 0 Å². The number of likely N-dealkylation sites (tertiary alicyclic amines) is 1. The molecule has 1 aromatic carbocycles. The fraction of sp³-hybridized carbons (Fsp3) is 0.529. The summed E-state index contributed by atoms with van der Waals surface area (Å²) in [7, 11) is 2.21. The van der Waals surface area contributed by atoms with Gasteiger partial charge >= 0.3 is 0 Å². The van der Waals surface area contributed by atoms with Crippen LogP contribution < -0.4 is 0 Å². The van der Waals surface area contributed by atoms with E-state index in [0.717, 1.165) is 6.54 Å². The highest BCUT2D eigenvalue weighted by atomic mass is 16.3. The van der Waals surface area contributed by atoms with E-state index in [-0.39, 0.29) is 0 Å². The lowest BCUT2D eigenvalue weighted by molar-refractivity contribution is 0.255. The van der Waals surface area contributed by atoms with Gasteiger partial charge in [-0.2, -0.15) is 0 Å². The van der Waals surface area contributed by atoms with Gasteiger partial charge in [0.25, 0.3) is 0 Å². The molecule has 0 saturated carbocycles. The van der Waals surface area contributed by atoms with Crippen molar-refractivity contribution in [3.8, 4) is 5.75 Å². The van der Waals surface area contributed by atoms with Crippen LogP contribution in [0, 0.1) is 0 Å². The molecule has 1 aromatic heterocycles. The standard InChI is InChI=1S/C17H22N2O/c1-18-9-6-12(7-10-18)17-14-11-13(20)4-5-15(14)19-8-2-3-16(17)19/h4-5,11-12,20H,2-3,6-10H2,1H3. The topological polar surface area (TPSA) is 28.4 Å². The monoisotopic (exact) mass is 270 g/mol. The molecule has 1 fully saturated rings. The maximum absolute atomic E-state index is 9.87. The molecule has 20 heavy (non-hydrogen) atoms. The van der Waals surface area contributed by atoms with E-state index >= 15 is 0 Å². The second-order valence-electron chi connectivity index (χ2n) is 6.39. The number of phenols is 1. The minimum atomic E-state index is 0.399. The van der Waals surface area contributed by atoms with E-state index in [9.17, 15) is 5.11 Å². The van der Waals surface area contributed by atoms with Gasteiger partial charge in [0.2, 0.25) is 0 Å². The number of aromatic hydroxyl groups is 1. The minimum absolute atomic E-state index is 0.399. The summed E-state index contributed by atoms with van der Waals surface area (Å²) in [5.41, 5.74) is 4.41. The molecule has 3 heteroatoms. The first-order chi connectivity index (χ1) is 9.74. The summed E-state index contributed by atoms with van der Waals surface area (Å²) >= 11 is 0. The van der Waals surface area contributed by atoms with Crippen LogP contribution in [0.2, 0.25) is 0 Å². The molecule has 4 rings (SSSR count). The lowest BCUT2D eigenvalue weighted by Gasteiger charge is -2.29. The number of benzene rings is 1. The van der Waals surface area contributed by atoms with E-state index in [1.165, 1.54) is 49.7 Å². The summed E-state index contributed by atoms with van der Waals surface area (Å²) < 4.78 is 2.49. The van der Waals surface area contributed by atoms with E-state index in [1.807, 2.05) is 12.1 Å². The molecule has 2 aromatic rings. The van der Waals surface area contributed by atoms with Gasteiger partial charge in [-0.05, 0) is 75.5 Å². The summed E-state index contributed by atoms with van der Waals surface area (Å²) in [6.45, 7) is 3.52. The van der Waals surface area contributed by atoms with Crippen LogP contribution in [0.5, 0.6) is 5.75 Å². The summed E-state index contributed by atoms with van der Waals surface area (Å²) in [5.74, 6) is 1.07. The molecule has 0 radical (unpaired) electrons. The first-order valence-electron chi connectivity index (χ1n) is 7.76. The number of phenolic OH excluding ortho intramolecular Hbond substituents is 1. The van der Waals surface area contributed by atoms with Gasteiger partial charge in [0, 0.05) is 23.1 Å². The third-order valence-corrected chi connectivity index (χ3v) is 5.12. The second kappa shape index (κ2) is 4.52. The van der Waals surface area contributed by atoms with Crippen LogP contribution in [-0.4, -0.2) is 34.7 Å². The Labute approximate surface area is 119 Å². The molecule has 3 nitrogen and oxygen atoms in total. The van der Waals surface area contributed by atoms with Gasteiger partial charge in [0.15, 0.2) is 0 Å². The zero-order valence-corrected chi connectivity index (χ0v) is 12.1. The predicted octanol–water partition coefficient (Wildman–Crippen LogP) is 3.10. The van der Waals surface area contributed by atoms with Crippen molar-refractivity contribution in [1.29, 1.82) is 0 Å². The average Bonchev–Trinajstić information content (AvgIpc) is 3.00. The highest BCUT2D eigenvalue weighted by Crippen LogP contribution is 2.41. The summed E-state index contributed by atoms with van der Waals surface area (Å²) in [5, 5.41) is 11.2. The van der Waals surface area contributed by atoms with Gasteiger partial charge in [0.1, 0.15) is 5.75 Å². The van der Waals surface area contributed by atoms with Crippen molar-refractivity contribution in [3.05, 3.63) is 29.5 Å². The van der Waals surface area contributed by atoms with Gasteiger partial charge in [-0.15, -0.1) is 0 Å². The van der Waals surface area contributed by atoms with E-state index in [4.69, 9.17) is 0 Å². The lowest BCUT2D eigenvalue weighted by Crippen LogP contribution is -2.29. The molecule has 1 N–H and O–H groups in total. The molecule has 0 atom stereocenters. The number of fused-ring (bicyclic) bond motifs is 3. The van der Waals surface area contributed by atoms with Crippen LogP contribution in [0.4, 0.5) is 0 Å². The molecule has 106 valence electrons. The van der Waals surface area contributed by atoms with Crippen molar-refractivity contribution >= 4 is 10.9 Å². The molecule has 1 saturated heterocycles. The second-order valence-corrected chi connectivity index (χ2v) is 6.39. The van der Waals surface area contributed by atoms with E-state index in [1.54, 1.807) is 11.3 Å². The first-order valence-corrected chi connectivity index (χ1v) is 7.76. The molecule has 2 aliphatic rings. The van der Waals surface area contributed by atoms with Crippen molar-refractivity contribution in [2.75, 3.05) is 20.1 Å². The van der Waals surface area contributed by atoms with Crippen LogP contribution in [0.25, 0.3) is 10.9 Å². The average molecular weight is 270 g/mol. The summed E-state index contributed by atoms with van der Waals surface area (Å²) in [6, 6.07) is 5.90. The smallest absolute Gasteiger partial charge is 0.116 e. The molecule has 2 aliphatic heterocycles. The fourth-order valence-electron chi connectivity index (χ4n) is 4.10. The van der Waals surface area contributed by atoms with Crippen LogP contribution in [0.1, 0.15) is 36.4 Å². The van der Waals surface area contributed by atoms with Gasteiger partial charge in [-0.3, -0.25) is 0 Å². The Hall–Kier alpha value is -1.48. The van der Waals surface area contributed by atoms with Crippen molar-refractivity contribution in [2.24, 2.45) is 0 Å². The number of hydrogen-bond acceptors (Lipinski definition) is 2.